The van der Waals surface area contributed by atoms with Gasteiger partial charge in [0, 0.05) is 0 Å². The second-order valence-electron chi connectivity index (χ2n) is 6.28. The van der Waals surface area contributed by atoms with Crippen LogP contribution < -0.4 is 5.32 Å². The van der Waals surface area contributed by atoms with E-state index in [4.69, 9.17) is 0 Å². The van der Waals surface area contributed by atoms with Crippen molar-refractivity contribution in [2.24, 2.45) is 5.92 Å². The molecule has 1 unspecified atom stereocenters. The highest BCUT2D eigenvalue weighted by molar-refractivity contribution is 7.17. The first-order chi connectivity index (χ1) is 10.7. The van der Waals surface area contributed by atoms with Gasteiger partial charge in [-0.25, -0.2) is 14.8 Å². The molecule has 2 N–H and O–H groups in total. The minimum absolute atomic E-state index is 0.0161. The van der Waals surface area contributed by atoms with Crippen molar-refractivity contribution in [3.05, 3.63) is 16.8 Å². The van der Waals surface area contributed by atoms with E-state index in [1.807, 2.05) is 6.92 Å². The van der Waals surface area contributed by atoms with E-state index >= 15 is 0 Å². The minimum Gasteiger partial charge on any atom is -0.467 e. The first-order valence-electron chi connectivity index (χ1n) is 7.54. The SMILES string of the molecule is COC(=O)C(C)(O)CNc1nc(C)nc2scc(CC(C)C)c12. The normalized spacial score (nSPS) is 14.0. The van der Waals surface area contributed by atoms with E-state index in [9.17, 15) is 9.90 Å². The van der Waals surface area contributed by atoms with Crippen LogP contribution in [0.1, 0.15) is 32.2 Å². The molecule has 23 heavy (non-hydrogen) atoms. The van der Waals surface area contributed by atoms with Crippen molar-refractivity contribution in [1.82, 2.24) is 9.97 Å². The minimum atomic E-state index is -1.62. The highest BCUT2D eigenvalue weighted by atomic mass is 32.1. The Balaban J connectivity index is 2.35. The number of hydrogen-bond donors (Lipinski definition) is 2. The van der Waals surface area contributed by atoms with Crippen LogP contribution in [0.15, 0.2) is 5.38 Å². The van der Waals surface area contributed by atoms with E-state index in [-0.39, 0.29) is 6.54 Å². The molecule has 0 aliphatic carbocycles. The fraction of sp³-hybridized carbons (Fsp3) is 0.562. The van der Waals surface area contributed by atoms with Crippen molar-refractivity contribution < 1.29 is 14.6 Å². The van der Waals surface area contributed by atoms with E-state index < -0.39 is 11.6 Å². The number of methoxy groups -OCH3 is 1. The molecule has 0 saturated carbocycles. The number of aryl methyl sites for hydroxylation is 1. The summed E-state index contributed by atoms with van der Waals surface area (Å²) in [6.45, 7) is 7.58. The Morgan fingerprint density at radius 3 is 2.78 bits per heavy atom. The molecule has 0 fully saturated rings. The summed E-state index contributed by atoms with van der Waals surface area (Å²) in [6.07, 6.45) is 0.925. The van der Waals surface area contributed by atoms with Gasteiger partial charge in [-0.1, -0.05) is 13.8 Å². The van der Waals surface area contributed by atoms with Crippen molar-refractivity contribution in [2.45, 2.75) is 39.7 Å². The van der Waals surface area contributed by atoms with Gasteiger partial charge < -0.3 is 15.2 Å². The van der Waals surface area contributed by atoms with Crippen molar-refractivity contribution in [3.63, 3.8) is 0 Å². The lowest BCUT2D eigenvalue weighted by Crippen LogP contribution is -2.43. The molecule has 2 heterocycles. The van der Waals surface area contributed by atoms with Crippen LogP contribution in [0.5, 0.6) is 0 Å². The summed E-state index contributed by atoms with van der Waals surface area (Å²) < 4.78 is 4.62. The van der Waals surface area contributed by atoms with Crippen LogP contribution in [0, 0.1) is 12.8 Å². The third kappa shape index (κ3) is 3.97. The average molecular weight is 337 g/mol. The molecule has 0 aliphatic rings. The monoisotopic (exact) mass is 337 g/mol. The second-order valence-corrected chi connectivity index (χ2v) is 7.14. The van der Waals surface area contributed by atoms with Gasteiger partial charge in [0.25, 0.3) is 0 Å². The summed E-state index contributed by atoms with van der Waals surface area (Å²) in [6, 6.07) is 0. The molecule has 0 bridgehead atoms. The van der Waals surface area contributed by atoms with Crippen LogP contribution >= 0.6 is 11.3 Å². The summed E-state index contributed by atoms with van der Waals surface area (Å²) in [5.74, 6) is 1.13. The predicted molar refractivity (Wildman–Crippen MR) is 91.8 cm³/mol. The van der Waals surface area contributed by atoms with Gasteiger partial charge in [0.05, 0.1) is 19.0 Å². The molecule has 2 rings (SSSR count). The summed E-state index contributed by atoms with van der Waals surface area (Å²) in [4.78, 5) is 21.4. The number of aliphatic hydroxyl groups is 1. The van der Waals surface area contributed by atoms with Gasteiger partial charge >= 0.3 is 5.97 Å². The number of ether oxygens (including phenoxy) is 1. The van der Waals surface area contributed by atoms with Crippen molar-refractivity contribution >= 4 is 33.3 Å². The lowest BCUT2D eigenvalue weighted by atomic mass is 10.0. The Morgan fingerprint density at radius 1 is 1.48 bits per heavy atom. The molecule has 0 spiro atoms. The first kappa shape index (κ1) is 17.6. The first-order valence-corrected chi connectivity index (χ1v) is 8.42. The number of carbonyl (C=O) groups is 1. The van der Waals surface area contributed by atoms with Crippen LogP contribution in [0.2, 0.25) is 0 Å². The molecule has 0 saturated heterocycles. The van der Waals surface area contributed by atoms with E-state index in [1.165, 1.54) is 19.6 Å². The predicted octanol–water partition coefficient (Wildman–Crippen LogP) is 2.53. The van der Waals surface area contributed by atoms with Gasteiger partial charge in [-0.2, -0.15) is 0 Å². The quantitative estimate of drug-likeness (QED) is 0.788. The van der Waals surface area contributed by atoms with Gasteiger partial charge in [-0.05, 0) is 37.1 Å². The fourth-order valence-corrected chi connectivity index (χ4v) is 3.37. The Hall–Kier alpha value is -1.73. The fourth-order valence-electron chi connectivity index (χ4n) is 2.37. The third-order valence-corrected chi connectivity index (χ3v) is 4.40. The molecular formula is C16H23N3O3S. The van der Waals surface area contributed by atoms with Crippen molar-refractivity contribution in [3.8, 4) is 0 Å². The smallest absolute Gasteiger partial charge is 0.339 e. The molecular weight excluding hydrogens is 314 g/mol. The number of esters is 1. The maximum absolute atomic E-state index is 11.6. The van der Waals surface area contributed by atoms with E-state index in [2.05, 4.69) is 39.2 Å². The number of aromatic nitrogens is 2. The van der Waals surface area contributed by atoms with Crippen LogP contribution in [-0.2, 0) is 16.0 Å². The third-order valence-electron chi connectivity index (χ3n) is 3.47. The Bertz CT molecular complexity index is 710. The number of rotatable bonds is 6. The molecule has 2 aromatic heterocycles. The lowest BCUT2D eigenvalue weighted by Gasteiger charge is -2.21. The van der Waals surface area contributed by atoms with E-state index in [0.717, 1.165) is 16.6 Å². The maximum atomic E-state index is 11.6. The van der Waals surface area contributed by atoms with E-state index in [0.29, 0.717) is 17.6 Å². The molecule has 2 aromatic rings. The number of fused-ring (bicyclic) bond motifs is 1. The number of nitrogens with zero attached hydrogens (tertiary/aromatic N) is 2. The molecule has 0 radical (unpaired) electrons. The van der Waals surface area contributed by atoms with Crippen LogP contribution in [0.3, 0.4) is 0 Å². The van der Waals surface area contributed by atoms with Gasteiger partial charge in [0.2, 0.25) is 0 Å². The maximum Gasteiger partial charge on any atom is 0.339 e. The van der Waals surface area contributed by atoms with Crippen LogP contribution in [0.4, 0.5) is 5.82 Å². The number of hydrogen-bond acceptors (Lipinski definition) is 7. The van der Waals surface area contributed by atoms with Crippen LogP contribution in [0.25, 0.3) is 10.2 Å². The molecule has 0 amide bonds. The molecule has 0 aliphatic heterocycles. The van der Waals surface area contributed by atoms with Gasteiger partial charge in [0.1, 0.15) is 16.5 Å². The molecule has 7 heteroatoms. The number of carbonyl (C=O) groups excluding carboxylic acids is 1. The van der Waals surface area contributed by atoms with Crippen molar-refractivity contribution in [2.75, 3.05) is 19.0 Å². The van der Waals surface area contributed by atoms with Gasteiger partial charge in [-0.3, -0.25) is 0 Å². The molecule has 6 nitrogen and oxygen atoms in total. The average Bonchev–Trinajstić information content (AvgIpc) is 2.85. The van der Waals surface area contributed by atoms with Crippen molar-refractivity contribution in [1.29, 1.82) is 0 Å². The Kier molecular flexibility index (Phi) is 5.21. The lowest BCUT2D eigenvalue weighted by molar-refractivity contribution is -0.158. The number of nitrogens with one attached hydrogen (secondary N) is 1. The summed E-state index contributed by atoms with van der Waals surface area (Å²) in [7, 11) is 1.25. The summed E-state index contributed by atoms with van der Waals surface area (Å²) >= 11 is 1.58. The topological polar surface area (TPSA) is 84.3 Å². The highest BCUT2D eigenvalue weighted by Gasteiger charge is 2.31. The molecule has 0 aromatic carbocycles. The van der Waals surface area contributed by atoms with Gasteiger partial charge in [0.15, 0.2) is 5.60 Å². The van der Waals surface area contributed by atoms with E-state index in [1.54, 1.807) is 11.3 Å². The molecule has 126 valence electrons. The summed E-state index contributed by atoms with van der Waals surface area (Å²) in [5.41, 5.74) is -0.436. The zero-order valence-electron chi connectivity index (χ0n) is 14.1. The zero-order valence-corrected chi connectivity index (χ0v) is 15.0. The highest BCUT2D eigenvalue weighted by Crippen LogP contribution is 2.31. The zero-order chi connectivity index (χ0) is 17.2. The van der Waals surface area contributed by atoms with Crippen LogP contribution in [-0.4, -0.2) is 40.3 Å². The number of anilines is 1. The Morgan fingerprint density at radius 2 is 2.17 bits per heavy atom. The standard InChI is InChI=1S/C16H23N3O3S/c1-9(2)6-11-7-23-14-12(11)13(18-10(3)19-14)17-8-16(4,21)15(20)22-5/h7,9,21H,6,8H2,1-5H3,(H,17,18,19). The molecule has 1 atom stereocenters. The second kappa shape index (κ2) is 6.80. The van der Waals surface area contributed by atoms with Gasteiger partial charge in [-0.15, -0.1) is 11.3 Å². The largest absolute Gasteiger partial charge is 0.467 e. The number of thiophene rings is 1. The Labute approximate surface area is 139 Å². The summed E-state index contributed by atoms with van der Waals surface area (Å²) in [5, 5.41) is 16.3.